The second kappa shape index (κ2) is 11.5. The van der Waals surface area contributed by atoms with E-state index in [9.17, 15) is 22.8 Å². The summed E-state index contributed by atoms with van der Waals surface area (Å²) < 4.78 is 56.7. The van der Waals surface area contributed by atoms with Crippen molar-refractivity contribution in [1.29, 1.82) is 0 Å². The monoisotopic (exact) mass is 623 g/mol. The Balaban J connectivity index is 1.87. The van der Waals surface area contributed by atoms with Gasteiger partial charge >= 0.3 is 12.1 Å². The fourth-order valence-electron chi connectivity index (χ4n) is 3.55. The first-order valence-electron chi connectivity index (χ1n) is 11.0. The van der Waals surface area contributed by atoms with Crippen LogP contribution in [0.3, 0.4) is 0 Å². The summed E-state index contributed by atoms with van der Waals surface area (Å²) in [5, 5.41) is 4.52. The first kappa shape index (κ1) is 28.1. The third kappa shape index (κ3) is 5.91. The first-order chi connectivity index (χ1) is 18.5. The average Bonchev–Trinajstić information content (AvgIpc) is 2.93. The van der Waals surface area contributed by atoms with Gasteiger partial charge in [0.05, 0.1) is 36.9 Å². The van der Waals surface area contributed by atoms with Gasteiger partial charge in [-0.05, 0) is 46.3 Å². The minimum absolute atomic E-state index is 0.0334. The van der Waals surface area contributed by atoms with Crippen molar-refractivity contribution < 1.29 is 32.2 Å². The molecule has 0 atom stereocenters. The lowest BCUT2D eigenvalue weighted by Gasteiger charge is -2.15. The maximum atomic E-state index is 13.4. The summed E-state index contributed by atoms with van der Waals surface area (Å²) in [6.07, 6.45) is -3.34. The van der Waals surface area contributed by atoms with Crippen molar-refractivity contribution in [2.75, 3.05) is 20.8 Å². The molecular formula is C26H18BrClF3N3O5. The van der Waals surface area contributed by atoms with E-state index in [2.05, 4.69) is 30.8 Å². The summed E-state index contributed by atoms with van der Waals surface area (Å²) in [7, 11) is 2.56. The Morgan fingerprint density at radius 1 is 1.15 bits per heavy atom. The van der Waals surface area contributed by atoms with Gasteiger partial charge in [0.2, 0.25) is 0 Å². The molecule has 0 aliphatic rings. The molecule has 13 heteroatoms. The molecule has 0 N–H and O–H groups in total. The van der Waals surface area contributed by atoms with Crippen LogP contribution >= 0.6 is 27.5 Å². The van der Waals surface area contributed by atoms with Crippen molar-refractivity contribution in [2.24, 2.45) is 5.10 Å². The second-order valence-electron chi connectivity index (χ2n) is 7.88. The smallest absolute Gasteiger partial charge is 0.416 e. The molecule has 39 heavy (non-hydrogen) atoms. The van der Waals surface area contributed by atoms with E-state index >= 15 is 0 Å². The number of nitrogens with zero attached hydrogens (tertiary/aromatic N) is 3. The SMILES string of the molecule is COC(=O)COc1c(OC)cc(C=Nn2c(-c3cccc(C(F)(F)F)c3)nc3ccccc3c2=O)c(Br)c1Cl. The van der Waals surface area contributed by atoms with Crippen molar-refractivity contribution in [3.8, 4) is 22.9 Å². The Labute approximate surface area is 232 Å². The van der Waals surface area contributed by atoms with Crippen LogP contribution in [0.2, 0.25) is 5.02 Å². The van der Waals surface area contributed by atoms with Gasteiger partial charge in [0.15, 0.2) is 23.9 Å². The summed E-state index contributed by atoms with van der Waals surface area (Å²) in [6, 6.07) is 12.3. The Kier molecular flexibility index (Phi) is 8.26. The highest BCUT2D eigenvalue weighted by Crippen LogP contribution is 2.42. The van der Waals surface area contributed by atoms with E-state index < -0.39 is 29.9 Å². The van der Waals surface area contributed by atoms with Crippen LogP contribution in [0.25, 0.3) is 22.3 Å². The number of aromatic nitrogens is 2. The van der Waals surface area contributed by atoms with Gasteiger partial charge < -0.3 is 14.2 Å². The highest BCUT2D eigenvalue weighted by atomic mass is 79.9. The number of rotatable bonds is 7. The maximum Gasteiger partial charge on any atom is 0.416 e. The van der Waals surface area contributed by atoms with E-state index in [4.69, 9.17) is 21.1 Å². The van der Waals surface area contributed by atoms with E-state index in [1.807, 2.05) is 0 Å². The van der Waals surface area contributed by atoms with E-state index in [1.165, 1.54) is 44.7 Å². The number of methoxy groups -OCH3 is 2. The Bertz CT molecular complexity index is 1660. The number of carbonyl (C=O) groups excluding carboxylic acids is 1. The summed E-state index contributed by atoms with van der Waals surface area (Å²) in [5.41, 5.74) is -0.848. The zero-order chi connectivity index (χ0) is 28.3. The molecule has 0 aliphatic carbocycles. The van der Waals surface area contributed by atoms with Crippen LogP contribution in [0.5, 0.6) is 11.5 Å². The third-order valence-electron chi connectivity index (χ3n) is 5.45. The summed E-state index contributed by atoms with van der Waals surface area (Å²) in [6.45, 7) is -0.426. The van der Waals surface area contributed by atoms with Crippen molar-refractivity contribution in [2.45, 2.75) is 6.18 Å². The molecule has 0 radical (unpaired) electrons. The highest BCUT2D eigenvalue weighted by molar-refractivity contribution is 9.10. The number of halogens is 5. The molecule has 1 aromatic heterocycles. The maximum absolute atomic E-state index is 13.4. The van der Waals surface area contributed by atoms with Crippen LogP contribution in [0.1, 0.15) is 11.1 Å². The van der Waals surface area contributed by atoms with Gasteiger partial charge in [-0.25, -0.2) is 9.78 Å². The third-order valence-corrected chi connectivity index (χ3v) is 6.90. The molecule has 0 saturated carbocycles. The number of ether oxygens (including phenoxy) is 3. The lowest BCUT2D eigenvalue weighted by Crippen LogP contribution is -2.20. The summed E-state index contributed by atoms with van der Waals surface area (Å²) in [4.78, 5) is 29.3. The molecule has 1 heterocycles. The van der Waals surface area contributed by atoms with Gasteiger partial charge in [-0.1, -0.05) is 35.9 Å². The van der Waals surface area contributed by atoms with Crippen LogP contribution in [-0.2, 0) is 15.7 Å². The molecule has 0 saturated heterocycles. The van der Waals surface area contributed by atoms with Crippen LogP contribution < -0.4 is 15.0 Å². The molecule has 0 spiro atoms. The minimum atomic E-state index is -4.60. The van der Waals surface area contributed by atoms with Crippen molar-refractivity contribution in [3.05, 3.63) is 85.6 Å². The molecule has 4 aromatic rings. The predicted molar refractivity (Wildman–Crippen MR) is 143 cm³/mol. The number of para-hydroxylation sites is 1. The number of carbonyl (C=O) groups is 1. The molecule has 0 fully saturated rings. The van der Waals surface area contributed by atoms with E-state index in [0.29, 0.717) is 11.1 Å². The summed E-state index contributed by atoms with van der Waals surface area (Å²) in [5.74, 6) is -0.535. The van der Waals surface area contributed by atoms with Crippen LogP contribution in [-0.4, -0.2) is 42.7 Å². The second-order valence-corrected chi connectivity index (χ2v) is 9.05. The number of hydrogen-bond donors (Lipinski definition) is 0. The average molecular weight is 625 g/mol. The van der Waals surface area contributed by atoms with E-state index in [0.717, 1.165) is 16.8 Å². The quantitative estimate of drug-likeness (QED) is 0.187. The van der Waals surface area contributed by atoms with Crippen molar-refractivity contribution >= 4 is 50.6 Å². The highest BCUT2D eigenvalue weighted by Gasteiger charge is 2.31. The number of benzene rings is 3. The number of fused-ring (bicyclic) bond motifs is 1. The summed E-state index contributed by atoms with van der Waals surface area (Å²) >= 11 is 9.78. The molecule has 0 amide bonds. The minimum Gasteiger partial charge on any atom is -0.493 e. The Morgan fingerprint density at radius 3 is 2.59 bits per heavy atom. The largest absolute Gasteiger partial charge is 0.493 e. The molecule has 4 rings (SSSR count). The standard InChI is InChI=1S/C26H18BrClF3N3O5/c1-37-19-11-15(21(27)22(28)23(19)39-13-20(35)38-2)12-32-34-24(14-6-5-7-16(10-14)26(29,30)31)33-18-9-4-3-8-17(18)25(34)36/h3-12H,13H2,1-2H3. The first-order valence-corrected chi connectivity index (χ1v) is 12.2. The zero-order valence-electron chi connectivity index (χ0n) is 20.3. The Morgan fingerprint density at radius 2 is 1.90 bits per heavy atom. The Hall–Kier alpha value is -3.90. The van der Waals surface area contributed by atoms with Crippen molar-refractivity contribution in [1.82, 2.24) is 9.66 Å². The normalized spacial score (nSPS) is 11.7. The predicted octanol–water partition coefficient (Wildman–Crippen LogP) is 5.94. The molecule has 0 bridgehead atoms. The van der Waals surface area contributed by atoms with Crippen LogP contribution in [0.4, 0.5) is 13.2 Å². The van der Waals surface area contributed by atoms with E-state index in [1.54, 1.807) is 18.2 Å². The fraction of sp³-hybridized carbons (Fsp3) is 0.154. The van der Waals surface area contributed by atoms with Gasteiger partial charge in [-0.2, -0.15) is 22.9 Å². The fourth-order valence-corrected chi connectivity index (χ4v) is 4.20. The number of hydrogen-bond acceptors (Lipinski definition) is 7. The molecular weight excluding hydrogens is 607 g/mol. The van der Waals surface area contributed by atoms with Crippen molar-refractivity contribution in [3.63, 3.8) is 0 Å². The van der Waals surface area contributed by atoms with Crippen LogP contribution in [0, 0.1) is 0 Å². The molecule has 8 nitrogen and oxygen atoms in total. The van der Waals surface area contributed by atoms with Gasteiger partial charge in [0, 0.05) is 15.6 Å². The van der Waals surface area contributed by atoms with Gasteiger partial charge in [0.25, 0.3) is 5.56 Å². The van der Waals surface area contributed by atoms with Gasteiger partial charge in [-0.15, -0.1) is 0 Å². The number of esters is 1. The number of alkyl halides is 3. The molecule has 0 aliphatic heterocycles. The molecule has 0 unspecified atom stereocenters. The molecule has 202 valence electrons. The van der Waals surface area contributed by atoms with Crippen LogP contribution in [0.15, 0.2) is 69.0 Å². The lowest BCUT2D eigenvalue weighted by atomic mass is 10.1. The lowest BCUT2D eigenvalue weighted by molar-refractivity contribution is -0.143. The zero-order valence-corrected chi connectivity index (χ0v) is 22.6. The van der Waals surface area contributed by atoms with E-state index in [-0.39, 0.29) is 37.8 Å². The van der Waals surface area contributed by atoms with Gasteiger partial charge in [-0.3, -0.25) is 4.79 Å². The topological polar surface area (TPSA) is 92.0 Å². The van der Waals surface area contributed by atoms with Gasteiger partial charge in [0.1, 0.15) is 5.02 Å². The molecule has 3 aromatic carbocycles.